The highest BCUT2D eigenvalue weighted by atomic mass is 19.1. The molecule has 1 amide bonds. The summed E-state index contributed by atoms with van der Waals surface area (Å²) in [5, 5.41) is 18.2. The van der Waals surface area contributed by atoms with Crippen LogP contribution < -0.4 is 21.7 Å². The highest BCUT2D eigenvalue weighted by molar-refractivity contribution is 6.07. The van der Waals surface area contributed by atoms with Gasteiger partial charge in [-0.3, -0.25) is 10.2 Å². The van der Waals surface area contributed by atoms with Crippen molar-refractivity contribution in [1.82, 2.24) is 20.5 Å². The van der Waals surface area contributed by atoms with E-state index in [-0.39, 0.29) is 11.9 Å². The highest BCUT2D eigenvalue weighted by Crippen LogP contribution is 2.25. The third-order valence-electron chi connectivity index (χ3n) is 5.80. The normalized spacial score (nSPS) is 20.2. The fourth-order valence-electron chi connectivity index (χ4n) is 3.95. The Morgan fingerprint density at radius 3 is 2.73 bits per heavy atom. The van der Waals surface area contributed by atoms with Gasteiger partial charge in [-0.05, 0) is 49.2 Å². The van der Waals surface area contributed by atoms with E-state index in [2.05, 4.69) is 27.0 Å². The number of nitrogens with two attached hydrogens (primary N) is 1. The summed E-state index contributed by atoms with van der Waals surface area (Å²) in [5.41, 5.74) is 9.62. The summed E-state index contributed by atoms with van der Waals surface area (Å²) in [6.45, 7) is 2.53. The zero-order valence-corrected chi connectivity index (χ0v) is 18.5. The van der Waals surface area contributed by atoms with E-state index < -0.39 is 11.7 Å². The number of hydrogen-bond acceptors (Lipinski definition) is 6. The van der Waals surface area contributed by atoms with Crippen molar-refractivity contribution in [3.05, 3.63) is 76.9 Å². The predicted octanol–water partition coefficient (Wildman–Crippen LogP) is 2.29. The van der Waals surface area contributed by atoms with Crippen LogP contribution in [0.15, 0.2) is 59.9 Å². The molecule has 4 rings (SSSR count). The molecule has 9 heteroatoms. The zero-order valence-electron chi connectivity index (χ0n) is 18.5. The van der Waals surface area contributed by atoms with E-state index in [9.17, 15) is 9.18 Å². The first-order valence-corrected chi connectivity index (χ1v) is 10.9. The van der Waals surface area contributed by atoms with Crippen molar-refractivity contribution in [1.29, 1.82) is 5.41 Å². The number of carbonyl (C=O) groups excluding carboxylic acids is 1. The minimum atomic E-state index is -0.476. The van der Waals surface area contributed by atoms with Crippen molar-refractivity contribution >= 4 is 23.3 Å². The molecule has 33 heavy (non-hydrogen) atoms. The maximum absolute atomic E-state index is 13.3. The van der Waals surface area contributed by atoms with Crippen LogP contribution in [0.4, 0.5) is 10.2 Å². The topological polar surface area (TPSA) is 119 Å². The molecule has 0 bridgehead atoms. The molecule has 6 N–H and O–H groups in total. The molecule has 2 aliphatic rings. The standard InChI is InChI=1S/C24H28FN7O/c1-32-12-9-19(30-18-3-2-10-28-14-18)21(23(32)27)22(26)15-4-6-16(7-5-15)24(33)31-20-13-17(25)8-11-29-20/h4-9,11,13,18,27-28,30H,2-3,10,12,14,26H2,1H3,(H,29,31,33). The molecule has 0 radical (unpaired) electrons. The minimum absolute atomic E-state index is 0.141. The van der Waals surface area contributed by atoms with E-state index in [1.54, 1.807) is 24.3 Å². The van der Waals surface area contributed by atoms with Crippen molar-refractivity contribution in [2.24, 2.45) is 5.73 Å². The van der Waals surface area contributed by atoms with Gasteiger partial charge in [-0.15, -0.1) is 0 Å². The van der Waals surface area contributed by atoms with Gasteiger partial charge in [0.2, 0.25) is 0 Å². The first kappa shape index (κ1) is 22.5. The maximum Gasteiger partial charge on any atom is 0.256 e. The quantitative estimate of drug-likeness (QED) is 0.478. The Morgan fingerprint density at radius 1 is 1.27 bits per heavy atom. The molecule has 1 aromatic heterocycles. The van der Waals surface area contributed by atoms with Crippen molar-refractivity contribution in [2.45, 2.75) is 18.9 Å². The molecule has 2 aliphatic heterocycles. The monoisotopic (exact) mass is 449 g/mol. The highest BCUT2D eigenvalue weighted by Gasteiger charge is 2.25. The molecule has 3 heterocycles. The van der Waals surface area contributed by atoms with Crippen molar-refractivity contribution in [3.8, 4) is 0 Å². The summed E-state index contributed by atoms with van der Waals surface area (Å²) in [6.07, 6.45) is 5.51. The van der Waals surface area contributed by atoms with Gasteiger partial charge in [-0.25, -0.2) is 9.37 Å². The lowest BCUT2D eigenvalue weighted by molar-refractivity contribution is 0.102. The van der Waals surface area contributed by atoms with E-state index in [0.717, 1.165) is 37.7 Å². The van der Waals surface area contributed by atoms with Crippen molar-refractivity contribution < 1.29 is 9.18 Å². The number of aromatic nitrogens is 1. The number of likely N-dealkylation sites (N-methyl/N-ethyl adjacent to an activating group) is 1. The third kappa shape index (κ3) is 5.20. The van der Waals surface area contributed by atoms with E-state index >= 15 is 0 Å². The lowest BCUT2D eigenvalue weighted by Crippen LogP contribution is -2.45. The van der Waals surface area contributed by atoms with Gasteiger partial charge in [0.15, 0.2) is 0 Å². The number of nitrogens with zero attached hydrogens (tertiary/aromatic N) is 2. The summed E-state index contributed by atoms with van der Waals surface area (Å²) in [7, 11) is 1.86. The van der Waals surface area contributed by atoms with Gasteiger partial charge in [-0.2, -0.15) is 0 Å². The molecular weight excluding hydrogens is 421 g/mol. The Hall–Kier alpha value is -3.72. The van der Waals surface area contributed by atoms with Gasteiger partial charge >= 0.3 is 0 Å². The first-order valence-electron chi connectivity index (χ1n) is 10.9. The van der Waals surface area contributed by atoms with E-state index in [4.69, 9.17) is 11.1 Å². The van der Waals surface area contributed by atoms with Gasteiger partial charge in [0.25, 0.3) is 5.91 Å². The first-order chi connectivity index (χ1) is 15.9. The summed E-state index contributed by atoms with van der Waals surface area (Å²) >= 11 is 0. The Labute approximate surface area is 192 Å². The fourth-order valence-corrected chi connectivity index (χ4v) is 3.95. The second kappa shape index (κ2) is 9.83. The van der Waals surface area contributed by atoms with Crippen LogP contribution in [-0.4, -0.2) is 54.4 Å². The van der Waals surface area contributed by atoms with Gasteiger partial charge in [-0.1, -0.05) is 12.1 Å². The Morgan fingerprint density at radius 2 is 2.03 bits per heavy atom. The Balaban J connectivity index is 1.56. The summed E-state index contributed by atoms with van der Waals surface area (Å²) in [6, 6.07) is 9.44. The van der Waals surface area contributed by atoms with Crippen LogP contribution in [0.2, 0.25) is 0 Å². The SMILES string of the molecule is CN1CC=C(NC2CCCNC2)C(=C(N)c2ccc(C(=O)Nc3cc(F)ccn3)cc2)C1=N. The molecule has 8 nitrogen and oxygen atoms in total. The van der Waals surface area contributed by atoms with Gasteiger partial charge in [0, 0.05) is 49.7 Å². The molecule has 1 aromatic carbocycles. The van der Waals surface area contributed by atoms with Crippen molar-refractivity contribution in [3.63, 3.8) is 0 Å². The number of amidine groups is 1. The van der Waals surface area contributed by atoms with E-state index in [1.165, 1.54) is 12.3 Å². The molecule has 172 valence electrons. The summed E-state index contributed by atoms with van der Waals surface area (Å²) < 4.78 is 13.3. The van der Waals surface area contributed by atoms with E-state index in [0.29, 0.717) is 34.8 Å². The third-order valence-corrected chi connectivity index (χ3v) is 5.80. The molecule has 1 atom stereocenters. The number of piperidine rings is 1. The number of carbonyl (C=O) groups is 1. The number of nitrogens with one attached hydrogen (secondary N) is 4. The van der Waals surface area contributed by atoms with E-state index in [1.807, 2.05) is 11.9 Å². The maximum atomic E-state index is 13.3. The second-order valence-corrected chi connectivity index (χ2v) is 8.21. The molecular formula is C24H28FN7O. The number of hydrogen-bond donors (Lipinski definition) is 5. The average Bonchev–Trinajstić information content (AvgIpc) is 2.82. The Kier molecular flexibility index (Phi) is 6.69. The van der Waals surface area contributed by atoms with Crippen molar-refractivity contribution in [2.75, 3.05) is 32.0 Å². The Bertz CT molecular complexity index is 1100. The second-order valence-electron chi connectivity index (χ2n) is 8.21. The lowest BCUT2D eigenvalue weighted by atomic mass is 9.97. The van der Waals surface area contributed by atoms with Crippen LogP contribution in [0.3, 0.4) is 0 Å². The molecule has 0 spiro atoms. The van der Waals surface area contributed by atoms with Crippen LogP contribution in [0, 0.1) is 11.2 Å². The van der Waals surface area contributed by atoms with Crippen LogP contribution in [0.5, 0.6) is 0 Å². The van der Waals surface area contributed by atoms with Gasteiger partial charge < -0.3 is 26.6 Å². The summed E-state index contributed by atoms with van der Waals surface area (Å²) in [4.78, 5) is 18.3. The average molecular weight is 450 g/mol. The fraction of sp³-hybridized carbons (Fsp3) is 0.292. The molecule has 0 aliphatic carbocycles. The minimum Gasteiger partial charge on any atom is -0.398 e. The van der Waals surface area contributed by atoms with Gasteiger partial charge in [0.1, 0.15) is 17.5 Å². The summed E-state index contributed by atoms with van der Waals surface area (Å²) in [5.74, 6) is -0.387. The molecule has 2 aromatic rings. The van der Waals surface area contributed by atoms with Crippen LogP contribution in [0.25, 0.3) is 5.70 Å². The van der Waals surface area contributed by atoms with Crippen LogP contribution >= 0.6 is 0 Å². The largest absolute Gasteiger partial charge is 0.398 e. The van der Waals surface area contributed by atoms with Gasteiger partial charge in [0.05, 0.1) is 11.3 Å². The number of halogens is 1. The number of rotatable bonds is 5. The molecule has 1 unspecified atom stereocenters. The number of pyridine rings is 1. The van der Waals surface area contributed by atoms with Crippen LogP contribution in [0.1, 0.15) is 28.8 Å². The van der Waals surface area contributed by atoms with Crippen LogP contribution in [-0.2, 0) is 0 Å². The smallest absolute Gasteiger partial charge is 0.256 e. The number of benzene rings is 1. The predicted molar refractivity (Wildman–Crippen MR) is 127 cm³/mol. The number of anilines is 1. The molecule has 0 saturated carbocycles. The molecule has 1 saturated heterocycles. The lowest BCUT2D eigenvalue weighted by Gasteiger charge is -2.33. The zero-order chi connectivity index (χ0) is 23.4. The molecule has 1 fully saturated rings. The number of amides is 1.